The minimum atomic E-state index is -4.59. The van der Waals surface area contributed by atoms with Crippen molar-refractivity contribution in [1.82, 2.24) is 19.3 Å². The molecule has 0 radical (unpaired) electrons. The van der Waals surface area contributed by atoms with E-state index in [2.05, 4.69) is 15.4 Å². The second-order valence-corrected chi connectivity index (χ2v) is 7.23. The molecule has 0 fully saturated rings. The summed E-state index contributed by atoms with van der Waals surface area (Å²) in [6.07, 6.45) is -2.30. The van der Waals surface area contributed by atoms with Crippen LogP contribution in [0.1, 0.15) is 49.9 Å². The molecule has 2 heterocycles. The monoisotopic (exact) mass is 423 g/mol. The highest BCUT2D eigenvalue weighted by atomic mass is 19.4. The Morgan fingerprint density at radius 2 is 1.77 bits per heavy atom. The number of nitrogens with one attached hydrogen (secondary N) is 1. The van der Waals surface area contributed by atoms with Crippen molar-refractivity contribution in [2.45, 2.75) is 45.8 Å². The van der Waals surface area contributed by atoms with Crippen molar-refractivity contribution in [3.8, 4) is 5.69 Å². The van der Waals surface area contributed by atoms with Gasteiger partial charge in [-0.2, -0.15) is 18.3 Å². The molecular formula is C20H21F4N5O. The van der Waals surface area contributed by atoms with Gasteiger partial charge in [-0.3, -0.25) is 4.79 Å². The molecule has 160 valence electrons. The third-order valence-electron chi connectivity index (χ3n) is 4.69. The zero-order valence-corrected chi connectivity index (χ0v) is 16.8. The zero-order valence-electron chi connectivity index (χ0n) is 16.8. The fourth-order valence-corrected chi connectivity index (χ4v) is 3.18. The quantitative estimate of drug-likeness (QED) is 0.596. The number of alkyl halides is 3. The number of nitrogens with zero attached hydrogens (tertiary/aromatic N) is 4. The highest BCUT2D eigenvalue weighted by molar-refractivity contribution is 5.94. The average Bonchev–Trinajstić information content (AvgIpc) is 3.25. The normalized spacial score (nSPS) is 13.0. The number of benzene rings is 1. The summed E-state index contributed by atoms with van der Waals surface area (Å²) in [6.45, 7) is 6.71. The van der Waals surface area contributed by atoms with Gasteiger partial charge in [0.15, 0.2) is 5.69 Å². The van der Waals surface area contributed by atoms with Gasteiger partial charge in [-0.25, -0.2) is 14.1 Å². The second-order valence-electron chi connectivity index (χ2n) is 7.23. The lowest BCUT2D eigenvalue weighted by Gasteiger charge is -2.17. The maximum absolute atomic E-state index is 13.2. The summed E-state index contributed by atoms with van der Waals surface area (Å²) in [5.74, 6) is -0.857. The predicted octanol–water partition coefficient (Wildman–Crippen LogP) is 4.86. The van der Waals surface area contributed by atoms with Crippen molar-refractivity contribution >= 4 is 11.6 Å². The summed E-state index contributed by atoms with van der Waals surface area (Å²) >= 11 is 0. The van der Waals surface area contributed by atoms with Crippen LogP contribution in [0.4, 0.5) is 23.2 Å². The van der Waals surface area contributed by atoms with Gasteiger partial charge in [0.2, 0.25) is 5.91 Å². The molecule has 3 rings (SSSR count). The Hall–Kier alpha value is -3.17. The van der Waals surface area contributed by atoms with Gasteiger partial charge in [-0.05, 0) is 44.0 Å². The molecule has 1 amide bonds. The molecular weight excluding hydrogens is 402 g/mol. The van der Waals surface area contributed by atoms with Crippen molar-refractivity contribution in [3.05, 3.63) is 59.7 Å². The predicted molar refractivity (Wildman–Crippen MR) is 103 cm³/mol. The lowest BCUT2D eigenvalue weighted by atomic mass is 10.1. The largest absolute Gasteiger partial charge is 0.434 e. The third kappa shape index (κ3) is 4.22. The summed E-state index contributed by atoms with van der Waals surface area (Å²) in [5, 5.41) is 7.03. The van der Waals surface area contributed by atoms with Gasteiger partial charge in [0.05, 0.1) is 23.3 Å². The van der Waals surface area contributed by atoms with E-state index in [4.69, 9.17) is 0 Å². The Labute approximate surface area is 170 Å². The molecule has 2 aromatic heterocycles. The van der Waals surface area contributed by atoms with Crippen LogP contribution in [0.25, 0.3) is 5.69 Å². The molecule has 1 N–H and O–H groups in total. The molecule has 1 aromatic carbocycles. The molecule has 0 unspecified atom stereocenters. The van der Waals surface area contributed by atoms with Gasteiger partial charge >= 0.3 is 6.18 Å². The van der Waals surface area contributed by atoms with E-state index in [9.17, 15) is 22.4 Å². The van der Waals surface area contributed by atoms with E-state index in [-0.39, 0.29) is 17.6 Å². The first-order valence-electron chi connectivity index (χ1n) is 9.26. The van der Waals surface area contributed by atoms with Crippen LogP contribution in [0.3, 0.4) is 0 Å². The van der Waals surface area contributed by atoms with Crippen LogP contribution in [-0.4, -0.2) is 25.2 Å². The highest BCUT2D eigenvalue weighted by Gasteiger charge is 2.35. The van der Waals surface area contributed by atoms with Gasteiger partial charge in [-0.1, -0.05) is 13.8 Å². The van der Waals surface area contributed by atoms with E-state index in [1.54, 1.807) is 16.8 Å². The number of rotatable bonds is 5. The molecule has 6 nitrogen and oxygen atoms in total. The molecule has 10 heteroatoms. The summed E-state index contributed by atoms with van der Waals surface area (Å²) in [5.41, 5.74) is 0.682. The molecule has 0 saturated heterocycles. The molecule has 0 aliphatic carbocycles. The van der Waals surface area contributed by atoms with Gasteiger partial charge in [0.1, 0.15) is 17.7 Å². The fourth-order valence-electron chi connectivity index (χ4n) is 3.18. The number of aromatic nitrogens is 4. The summed E-state index contributed by atoms with van der Waals surface area (Å²) in [6, 6.07) is 4.82. The third-order valence-corrected chi connectivity index (χ3v) is 4.69. The minimum Gasteiger partial charge on any atom is -0.322 e. The Kier molecular flexibility index (Phi) is 5.69. The molecule has 1 atom stereocenters. The molecule has 0 spiro atoms. The van der Waals surface area contributed by atoms with Crippen LogP contribution >= 0.6 is 0 Å². The number of carbonyl (C=O) groups is 1. The van der Waals surface area contributed by atoms with E-state index in [0.717, 1.165) is 6.20 Å². The van der Waals surface area contributed by atoms with E-state index in [1.807, 2.05) is 13.8 Å². The van der Waals surface area contributed by atoms with Gasteiger partial charge in [0.25, 0.3) is 0 Å². The Balaban J connectivity index is 1.88. The number of aryl methyl sites for hydroxylation is 1. The lowest BCUT2D eigenvalue weighted by molar-refractivity contribution is -0.141. The number of imidazole rings is 1. The summed E-state index contributed by atoms with van der Waals surface area (Å²) in [7, 11) is 0. The van der Waals surface area contributed by atoms with Crippen LogP contribution in [0.15, 0.2) is 36.7 Å². The van der Waals surface area contributed by atoms with E-state index < -0.39 is 23.8 Å². The fraction of sp³-hybridized carbons (Fsp3) is 0.350. The molecule has 30 heavy (non-hydrogen) atoms. The van der Waals surface area contributed by atoms with Gasteiger partial charge in [-0.15, -0.1) is 0 Å². The SMILES string of the molecule is Cc1nc(C(F)(F)F)cn1[C@@H](C)C(=O)Nc1cnn(-c2ccc(F)cc2)c1C(C)C. The van der Waals surface area contributed by atoms with Crippen LogP contribution < -0.4 is 5.32 Å². The first-order valence-corrected chi connectivity index (χ1v) is 9.26. The number of halogens is 4. The van der Waals surface area contributed by atoms with Gasteiger partial charge in [0, 0.05) is 6.20 Å². The van der Waals surface area contributed by atoms with Crippen molar-refractivity contribution in [3.63, 3.8) is 0 Å². The minimum absolute atomic E-state index is 0.0463. The zero-order chi connectivity index (χ0) is 22.2. The maximum Gasteiger partial charge on any atom is 0.434 e. The van der Waals surface area contributed by atoms with Crippen molar-refractivity contribution in [2.75, 3.05) is 5.32 Å². The highest BCUT2D eigenvalue weighted by Crippen LogP contribution is 2.30. The van der Waals surface area contributed by atoms with E-state index in [1.165, 1.54) is 36.7 Å². The smallest absolute Gasteiger partial charge is 0.322 e. The average molecular weight is 423 g/mol. The van der Waals surface area contributed by atoms with Crippen LogP contribution in [-0.2, 0) is 11.0 Å². The van der Waals surface area contributed by atoms with Crippen LogP contribution in [0.2, 0.25) is 0 Å². The standard InChI is InChI=1S/C20H21F4N5O/c1-11(2)18-16(9-25-29(18)15-7-5-14(21)6-8-15)27-19(30)12(3)28-10-17(20(22,23)24)26-13(28)4/h5-12H,1-4H3,(H,27,30)/t12-/m0/s1. The topological polar surface area (TPSA) is 64.7 Å². The number of hydrogen-bond acceptors (Lipinski definition) is 3. The molecule has 0 aliphatic heterocycles. The Bertz CT molecular complexity index is 1050. The van der Waals surface area contributed by atoms with Crippen LogP contribution in [0, 0.1) is 12.7 Å². The number of carbonyl (C=O) groups excluding carboxylic acids is 1. The number of anilines is 1. The number of hydrogen-bond donors (Lipinski definition) is 1. The van der Waals surface area contributed by atoms with Crippen molar-refractivity contribution in [2.24, 2.45) is 0 Å². The second kappa shape index (κ2) is 7.92. The van der Waals surface area contributed by atoms with E-state index in [0.29, 0.717) is 17.1 Å². The Morgan fingerprint density at radius 1 is 1.13 bits per heavy atom. The first kappa shape index (κ1) is 21.5. The van der Waals surface area contributed by atoms with E-state index >= 15 is 0 Å². The maximum atomic E-state index is 13.2. The van der Waals surface area contributed by atoms with Gasteiger partial charge < -0.3 is 9.88 Å². The van der Waals surface area contributed by atoms with Crippen molar-refractivity contribution < 1.29 is 22.4 Å². The molecule has 3 aromatic rings. The van der Waals surface area contributed by atoms with Crippen LogP contribution in [0.5, 0.6) is 0 Å². The molecule has 0 bridgehead atoms. The molecule has 0 saturated carbocycles. The lowest BCUT2D eigenvalue weighted by Crippen LogP contribution is -2.24. The molecule has 0 aliphatic rings. The first-order chi connectivity index (χ1) is 14.0. The summed E-state index contributed by atoms with van der Waals surface area (Å²) < 4.78 is 54.7. The van der Waals surface area contributed by atoms with Crippen molar-refractivity contribution in [1.29, 1.82) is 0 Å². The summed E-state index contributed by atoms with van der Waals surface area (Å²) in [4.78, 5) is 16.3. The number of amides is 1. The Morgan fingerprint density at radius 3 is 2.30 bits per heavy atom.